The van der Waals surface area contributed by atoms with Crippen molar-refractivity contribution >= 4 is 27.2 Å². The van der Waals surface area contributed by atoms with Crippen LogP contribution < -0.4 is 5.73 Å². The highest BCUT2D eigenvalue weighted by Gasteiger charge is 2.35. The van der Waals surface area contributed by atoms with E-state index in [1.807, 2.05) is 13.8 Å². The van der Waals surface area contributed by atoms with E-state index < -0.39 is 10.0 Å². The van der Waals surface area contributed by atoms with Crippen LogP contribution in [-0.2, 0) is 10.0 Å². The predicted octanol–water partition coefficient (Wildman–Crippen LogP) is 1.11. The van der Waals surface area contributed by atoms with E-state index in [0.717, 1.165) is 12.8 Å². The quantitative estimate of drug-likeness (QED) is 0.756. The third-order valence-electron chi connectivity index (χ3n) is 2.84. The Morgan fingerprint density at radius 3 is 2.69 bits per heavy atom. The van der Waals surface area contributed by atoms with E-state index in [-0.39, 0.29) is 11.8 Å². The average Bonchev–Trinajstić information content (AvgIpc) is 2.63. The zero-order chi connectivity index (χ0) is 12.3. The Labute approximate surface area is 103 Å². The van der Waals surface area contributed by atoms with Gasteiger partial charge in [0.05, 0.1) is 16.8 Å². The zero-order valence-corrected chi connectivity index (χ0v) is 11.5. The van der Waals surface area contributed by atoms with Gasteiger partial charge >= 0.3 is 0 Å². The summed E-state index contributed by atoms with van der Waals surface area (Å²) in [6.45, 7) is 4.59. The molecule has 0 saturated carbocycles. The lowest BCUT2D eigenvalue weighted by Crippen LogP contribution is -2.43. The maximum atomic E-state index is 12.1. The van der Waals surface area contributed by atoms with Crippen molar-refractivity contribution in [3.05, 3.63) is 0 Å². The summed E-state index contributed by atoms with van der Waals surface area (Å²) in [6, 6.07) is -0.257. The molecule has 1 saturated heterocycles. The maximum absolute atomic E-state index is 12.1. The Hall–Kier alpha value is -0.200. The van der Waals surface area contributed by atoms with Crippen LogP contribution in [0.3, 0.4) is 0 Å². The van der Waals surface area contributed by atoms with Crippen LogP contribution in [0, 0.1) is 5.92 Å². The number of hydrogen-bond acceptors (Lipinski definition) is 3. The van der Waals surface area contributed by atoms with Gasteiger partial charge in [-0.05, 0) is 25.2 Å². The molecule has 1 fully saturated rings. The van der Waals surface area contributed by atoms with Gasteiger partial charge in [0.2, 0.25) is 10.0 Å². The van der Waals surface area contributed by atoms with Crippen molar-refractivity contribution in [2.24, 2.45) is 11.7 Å². The third kappa shape index (κ3) is 3.40. The first-order valence-electron chi connectivity index (χ1n) is 5.63. The number of nitrogens with two attached hydrogens (primary N) is 1. The number of nitrogens with zero attached hydrogens (tertiary/aromatic N) is 1. The van der Waals surface area contributed by atoms with Gasteiger partial charge in [-0.15, -0.1) is 0 Å². The Morgan fingerprint density at radius 2 is 2.19 bits per heavy atom. The highest BCUT2D eigenvalue weighted by molar-refractivity contribution is 7.89. The first-order chi connectivity index (χ1) is 7.34. The molecule has 1 atom stereocenters. The fraction of sp³-hybridized carbons (Fsp3) is 0.900. The fourth-order valence-electron chi connectivity index (χ4n) is 1.86. The monoisotopic (exact) mass is 264 g/mol. The van der Waals surface area contributed by atoms with E-state index >= 15 is 0 Å². The summed E-state index contributed by atoms with van der Waals surface area (Å²) in [6.07, 6.45) is 2.29. The fourth-order valence-corrected chi connectivity index (χ4v) is 4.19. The number of sulfonamides is 1. The summed E-state index contributed by atoms with van der Waals surface area (Å²) in [4.78, 5) is 0.297. The Morgan fingerprint density at radius 1 is 1.56 bits per heavy atom. The topological polar surface area (TPSA) is 63.4 Å². The molecule has 6 heteroatoms. The van der Waals surface area contributed by atoms with Gasteiger partial charge in [-0.25, -0.2) is 8.42 Å². The SMILES string of the molecule is CC(C)CCS(=O)(=O)N1CCCC1C(N)=S. The molecule has 0 aromatic heterocycles. The average molecular weight is 264 g/mol. The van der Waals surface area contributed by atoms with Gasteiger partial charge in [0.25, 0.3) is 0 Å². The molecule has 1 unspecified atom stereocenters. The molecule has 16 heavy (non-hydrogen) atoms. The van der Waals surface area contributed by atoms with Crippen LogP contribution in [-0.4, -0.2) is 36.1 Å². The van der Waals surface area contributed by atoms with E-state index in [2.05, 4.69) is 0 Å². The molecule has 0 aromatic carbocycles. The molecular weight excluding hydrogens is 244 g/mol. The van der Waals surface area contributed by atoms with Crippen LogP contribution in [0.5, 0.6) is 0 Å². The van der Waals surface area contributed by atoms with Crippen molar-refractivity contribution in [1.29, 1.82) is 0 Å². The predicted molar refractivity (Wildman–Crippen MR) is 69.8 cm³/mol. The summed E-state index contributed by atoms with van der Waals surface area (Å²) >= 11 is 4.91. The van der Waals surface area contributed by atoms with Crippen molar-refractivity contribution in [3.8, 4) is 0 Å². The smallest absolute Gasteiger partial charge is 0.214 e. The first kappa shape index (κ1) is 13.9. The first-order valence-corrected chi connectivity index (χ1v) is 7.65. The van der Waals surface area contributed by atoms with Crippen LogP contribution in [0.1, 0.15) is 33.1 Å². The summed E-state index contributed by atoms with van der Waals surface area (Å²) in [7, 11) is -3.18. The van der Waals surface area contributed by atoms with E-state index in [1.165, 1.54) is 4.31 Å². The molecule has 2 N–H and O–H groups in total. The molecule has 0 bridgehead atoms. The Kier molecular flexibility index (Phi) is 4.70. The molecular formula is C10H20N2O2S2. The lowest BCUT2D eigenvalue weighted by molar-refractivity contribution is 0.441. The lowest BCUT2D eigenvalue weighted by atomic mass is 10.2. The second-order valence-electron chi connectivity index (χ2n) is 4.67. The van der Waals surface area contributed by atoms with Crippen LogP contribution in [0.25, 0.3) is 0 Å². The largest absolute Gasteiger partial charge is 0.392 e. The van der Waals surface area contributed by atoms with Crippen molar-refractivity contribution in [1.82, 2.24) is 4.31 Å². The molecule has 0 amide bonds. The van der Waals surface area contributed by atoms with Crippen molar-refractivity contribution in [3.63, 3.8) is 0 Å². The highest BCUT2D eigenvalue weighted by Crippen LogP contribution is 2.22. The molecule has 0 radical (unpaired) electrons. The summed E-state index contributed by atoms with van der Waals surface area (Å²) < 4.78 is 25.6. The van der Waals surface area contributed by atoms with Gasteiger partial charge in [-0.1, -0.05) is 26.1 Å². The molecule has 0 aliphatic carbocycles. The number of rotatable bonds is 5. The summed E-state index contributed by atoms with van der Waals surface area (Å²) in [5.74, 6) is 0.588. The van der Waals surface area contributed by atoms with Crippen LogP contribution in [0.4, 0.5) is 0 Å². The van der Waals surface area contributed by atoms with Crippen molar-refractivity contribution < 1.29 is 8.42 Å². The van der Waals surface area contributed by atoms with Crippen LogP contribution in [0.2, 0.25) is 0 Å². The van der Waals surface area contributed by atoms with Crippen LogP contribution >= 0.6 is 12.2 Å². The van der Waals surface area contributed by atoms with Gasteiger partial charge < -0.3 is 5.73 Å². The van der Waals surface area contributed by atoms with Gasteiger partial charge in [0.15, 0.2) is 0 Å². The minimum atomic E-state index is -3.18. The van der Waals surface area contributed by atoms with E-state index in [4.69, 9.17) is 18.0 Å². The van der Waals surface area contributed by atoms with Gasteiger partial charge in [-0.3, -0.25) is 0 Å². The van der Waals surface area contributed by atoms with E-state index in [0.29, 0.717) is 23.9 Å². The van der Waals surface area contributed by atoms with Crippen molar-refractivity contribution in [2.75, 3.05) is 12.3 Å². The molecule has 1 rings (SSSR count). The Balaban J connectivity index is 2.71. The van der Waals surface area contributed by atoms with Gasteiger partial charge in [-0.2, -0.15) is 4.31 Å². The third-order valence-corrected chi connectivity index (χ3v) is 5.02. The second kappa shape index (κ2) is 5.42. The zero-order valence-electron chi connectivity index (χ0n) is 9.85. The summed E-state index contributed by atoms with van der Waals surface area (Å²) in [5, 5.41) is 0. The molecule has 0 aromatic rings. The number of hydrogen-bond donors (Lipinski definition) is 1. The second-order valence-corrected chi connectivity index (χ2v) is 7.18. The molecule has 4 nitrogen and oxygen atoms in total. The number of thiocarbonyl (C=S) groups is 1. The molecule has 0 spiro atoms. The van der Waals surface area contributed by atoms with Crippen LogP contribution in [0.15, 0.2) is 0 Å². The van der Waals surface area contributed by atoms with E-state index in [1.54, 1.807) is 0 Å². The minimum absolute atomic E-state index is 0.198. The standard InChI is InChI=1S/C10H20N2O2S2/c1-8(2)5-7-16(13,14)12-6-3-4-9(12)10(11)15/h8-9H,3-7H2,1-2H3,(H2,11,15). The summed E-state index contributed by atoms with van der Waals surface area (Å²) in [5.41, 5.74) is 5.57. The normalized spacial score (nSPS) is 22.8. The molecule has 1 heterocycles. The Bertz CT molecular complexity index is 352. The molecule has 94 valence electrons. The van der Waals surface area contributed by atoms with Crippen molar-refractivity contribution in [2.45, 2.75) is 39.2 Å². The molecule has 1 aliphatic heterocycles. The maximum Gasteiger partial charge on any atom is 0.214 e. The lowest BCUT2D eigenvalue weighted by Gasteiger charge is -2.23. The van der Waals surface area contributed by atoms with Gasteiger partial charge in [0, 0.05) is 6.54 Å². The minimum Gasteiger partial charge on any atom is -0.392 e. The molecule has 1 aliphatic rings. The highest BCUT2D eigenvalue weighted by atomic mass is 32.2. The van der Waals surface area contributed by atoms with Gasteiger partial charge in [0.1, 0.15) is 0 Å². The van der Waals surface area contributed by atoms with E-state index in [9.17, 15) is 8.42 Å².